The van der Waals surface area contributed by atoms with Crippen molar-refractivity contribution < 1.29 is 19.1 Å². The summed E-state index contributed by atoms with van der Waals surface area (Å²) in [5, 5.41) is 0. The van der Waals surface area contributed by atoms with E-state index < -0.39 is 6.04 Å². The number of ether oxygens (including phenoxy) is 2. The van der Waals surface area contributed by atoms with Gasteiger partial charge in [-0.2, -0.15) is 0 Å². The van der Waals surface area contributed by atoms with E-state index in [2.05, 4.69) is 11.8 Å². The van der Waals surface area contributed by atoms with Gasteiger partial charge in [0.1, 0.15) is 6.29 Å². The molecule has 1 saturated carbocycles. The van der Waals surface area contributed by atoms with Crippen molar-refractivity contribution in [2.45, 2.75) is 57.1 Å². The van der Waals surface area contributed by atoms with Gasteiger partial charge in [-0.3, -0.25) is 4.79 Å². The Kier molecular flexibility index (Phi) is 8.74. The summed E-state index contributed by atoms with van der Waals surface area (Å²) in [4.78, 5) is 24.8. The summed E-state index contributed by atoms with van der Waals surface area (Å²) >= 11 is 0. The van der Waals surface area contributed by atoms with E-state index in [0.717, 1.165) is 36.7 Å². The molecule has 0 radical (unpaired) electrons. The molecule has 1 fully saturated rings. The van der Waals surface area contributed by atoms with Crippen molar-refractivity contribution in [2.24, 2.45) is 0 Å². The van der Waals surface area contributed by atoms with Crippen molar-refractivity contribution >= 4 is 12.7 Å². The van der Waals surface area contributed by atoms with Crippen LogP contribution in [0.1, 0.15) is 56.1 Å². The maximum Gasteiger partial charge on any atom is 0.210 e. The zero-order valence-corrected chi connectivity index (χ0v) is 18.8. The molecule has 5 nitrogen and oxygen atoms in total. The van der Waals surface area contributed by atoms with E-state index in [1.807, 2.05) is 55.5 Å². The van der Waals surface area contributed by atoms with Crippen LogP contribution in [0.2, 0.25) is 0 Å². The molecular formula is C27H31NO4. The first-order valence-electron chi connectivity index (χ1n) is 11.3. The maximum absolute atomic E-state index is 11.8. The minimum absolute atomic E-state index is 0.194. The summed E-state index contributed by atoms with van der Waals surface area (Å²) in [6, 6.07) is 15.1. The van der Waals surface area contributed by atoms with E-state index in [1.165, 1.54) is 17.7 Å². The molecule has 0 bridgehead atoms. The van der Waals surface area contributed by atoms with Crippen molar-refractivity contribution in [1.29, 1.82) is 0 Å². The zero-order valence-electron chi connectivity index (χ0n) is 18.8. The van der Waals surface area contributed by atoms with Crippen LogP contribution in [0.15, 0.2) is 48.5 Å². The monoisotopic (exact) mass is 433 g/mol. The van der Waals surface area contributed by atoms with Gasteiger partial charge in [0.2, 0.25) is 6.41 Å². The fourth-order valence-corrected chi connectivity index (χ4v) is 3.99. The summed E-state index contributed by atoms with van der Waals surface area (Å²) in [6.45, 7) is 2.21. The van der Waals surface area contributed by atoms with Gasteiger partial charge in [0.25, 0.3) is 0 Å². The molecule has 0 saturated heterocycles. The first-order chi connectivity index (χ1) is 15.7. The fourth-order valence-electron chi connectivity index (χ4n) is 3.99. The Balaban J connectivity index is 1.95. The Morgan fingerprint density at radius 1 is 1.09 bits per heavy atom. The lowest BCUT2D eigenvalue weighted by Crippen LogP contribution is -2.37. The first-order valence-corrected chi connectivity index (χ1v) is 11.3. The molecule has 5 heteroatoms. The Bertz CT molecular complexity index is 941. The Morgan fingerprint density at radius 3 is 2.47 bits per heavy atom. The first kappa shape index (κ1) is 23.4. The topological polar surface area (TPSA) is 55.8 Å². The van der Waals surface area contributed by atoms with Crippen molar-refractivity contribution in [3.05, 3.63) is 59.7 Å². The van der Waals surface area contributed by atoms with Crippen LogP contribution < -0.4 is 9.47 Å². The molecule has 0 N–H and O–H groups in total. The highest BCUT2D eigenvalue weighted by Crippen LogP contribution is 2.34. The van der Waals surface area contributed by atoms with Gasteiger partial charge in [0.15, 0.2) is 11.5 Å². The molecule has 2 unspecified atom stereocenters. The largest absolute Gasteiger partial charge is 0.493 e. The molecule has 1 aliphatic rings. The molecule has 2 atom stereocenters. The summed E-state index contributed by atoms with van der Waals surface area (Å²) in [5.74, 6) is 7.63. The highest BCUT2D eigenvalue weighted by Gasteiger charge is 2.22. The van der Waals surface area contributed by atoms with Crippen LogP contribution in [-0.4, -0.2) is 43.4 Å². The standard InChI is InChI=1S/C27H31NO4/c1-3-24(19-29)28(20-30)18-23(14-13-21-9-5-4-6-10-21)22-15-16-26(31-2)27(17-22)32-25-11-7-8-12-25/h4-6,9-10,15-17,19-20,23-25H,3,7-8,11-12,18H2,1-2H3. The van der Waals surface area contributed by atoms with Crippen molar-refractivity contribution in [1.82, 2.24) is 4.90 Å². The van der Waals surface area contributed by atoms with Crippen LogP contribution in [0.4, 0.5) is 0 Å². The SMILES string of the molecule is CCC(C=O)N(C=O)CC(C#Cc1ccccc1)c1ccc(OC)c(OC2CCCC2)c1. The Hall–Kier alpha value is -3.26. The van der Waals surface area contributed by atoms with Crippen LogP contribution in [-0.2, 0) is 9.59 Å². The van der Waals surface area contributed by atoms with Gasteiger partial charge in [-0.05, 0) is 61.9 Å². The summed E-state index contributed by atoms with van der Waals surface area (Å²) < 4.78 is 11.8. The number of amides is 1. The Labute approximate surface area is 190 Å². The fraction of sp³-hybridized carbons (Fsp3) is 0.407. The molecule has 1 aliphatic carbocycles. The Morgan fingerprint density at radius 2 is 1.84 bits per heavy atom. The van der Waals surface area contributed by atoms with E-state index >= 15 is 0 Å². The van der Waals surface area contributed by atoms with Gasteiger partial charge in [0.05, 0.1) is 25.2 Å². The average Bonchev–Trinajstić information content (AvgIpc) is 3.35. The quantitative estimate of drug-likeness (QED) is 0.406. The van der Waals surface area contributed by atoms with E-state index in [-0.39, 0.29) is 12.0 Å². The molecule has 32 heavy (non-hydrogen) atoms. The molecule has 0 heterocycles. The molecule has 168 valence electrons. The molecule has 2 aromatic carbocycles. The minimum Gasteiger partial charge on any atom is -0.493 e. The van der Waals surface area contributed by atoms with Crippen LogP contribution in [0.3, 0.4) is 0 Å². The summed E-state index contributed by atoms with van der Waals surface area (Å²) in [5.41, 5.74) is 1.82. The zero-order chi connectivity index (χ0) is 22.8. The average molecular weight is 434 g/mol. The highest BCUT2D eigenvalue weighted by molar-refractivity contribution is 5.64. The van der Waals surface area contributed by atoms with E-state index in [4.69, 9.17) is 9.47 Å². The number of nitrogens with zero attached hydrogens (tertiary/aromatic N) is 1. The van der Waals surface area contributed by atoms with E-state index in [0.29, 0.717) is 24.5 Å². The number of methoxy groups -OCH3 is 1. The number of hydrogen-bond acceptors (Lipinski definition) is 4. The van der Waals surface area contributed by atoms with Gasteiger partial charge >= 0.3 is 0 Å². The molecular weight excluding hydrogens is 402 g/mol. The van der Waals surface area contributed by atoms with Gasteiger partial charge in [0, 0.05) is 12.1 Å². The number of rotatable bonds is 10. The van der Waals surface area contributed by atoms with Crippen LogP contribution in [0, 0.1) is 11.8 Å². The number of carbonyl (C=O) groups excluding carboxylic acids is 2. The summed E-state index contributed by atoms with van der Waals surface area (Å²) in [7, 11) is 1.63. The maximum atomic E-state index is 11.8. The molecule has 1 amide bonds. The second-order valence-electron chi connectivity index (χ2n) is 8.04. The second-order valence-corrected chi connectivity index (χ2v) is 8.04. The van der Waals surface area contributed by atoms with Crippen LogP contribution in [0.5, 0.6) is 11.5 Å². The third-order valence-corrected chi connectivity index (χ3v) is 5.88. The molecule has 3 rings (SSSR count). The lowest BCUT2D eigenvalue weighted by Gasteiger charge is -2.26. The molecule has 2 aromatic rings. The number of aldehydes is 1. The van der Waals surface area contributed by atoms with Crippen LogP contribution >= 0.6 is 0 Å². The predicted octanol–water partition coefficient (Wildman–Crippen LogP) is 4.59. The second kappa shape index (κ2) is 12.0. The lowest BCUT2D eigenvalue weighted by molar-refractivity contribution is -0.125. The van der Waals surface area contributed by atoms with Gasteiger partial charge in [-0.25, -0.2) is 0 Å². The molecule has 0 aliphatic heterocycles. The predicted molar refractivity (Wildman–Crippen MR) is 125 cm³/mol. The van der Waals surface area contributed by atoms with Gasteiger partial charge < -0.3 is 19.2 Å². The normalized spacial score (nSPS) is 15.2. The van der Waals surface area contributed by atoms with Gasteiger partial charge in [-0.15, -0.1) is 0 Å². The number of benzene rings is 2. The highest BCUT2D eigenvalue weighted by atomic mass is 16.5. The van der Waals surface area contributed by atoms with Crippen molar-refractivity contribution in [2.75, 3.05) is 13.7 Å². The third-order valence-electron chi connectivity index (χ3n) is 5.88. The summed E-state index contributed by atoms with van der Waals surface area (Å²) in [6.07, 6.45) is 6.74. The molecule has 0 spiro atoms. The van der Waals surface area contributed by atoms with Gasteiger partial charge in [-0.1, -0.05) is 43.0 Å². The molecule has 0 aromatic heterocycles. The number of carbonyl (C=O) groups is 2. The minimum atomic E-state index is -0.471. The van der Waals surface area contributed by atoms with Crippen LogP contribution in [0.25, 0.3) is 0 Å². The van der Waals surface area contributed by atoms with Crippen molar-refractivity contribution in [3.8, 4) is 23.3 Å². The third kappa shape index (κ3) is 6.13. The van der Waals surface area contributed by atoms with E-state index in [1.54, 1.807) is 7.11 Å². The number of hydrogen-bond donors (Lipinski definition) is 0. The van der Waals surface area contributed by atoms with E-state index in [9.17, 15) is 9.59 Å². The smallest absolute Gasteiger partial charge is 0.210 e. The van der Waals surface area contributed by atoms with Crippen molar-refractivity contribution in [3.63, 3.8) is 0 Å². The lowest BCUT2D eigenvalue weighted by atomic mass is 9.97.